The third-order valence-electron chi connectivity index (χ3n) is 5.17. The molecule has 2 aromatic carbocycles. The number of nitrogens with one attached hydrogen (secondary N) is 2. The van der Waals surface area contributed by atoms with Gasteiger partial charge in [0.1, 0.15) is 29.5 Å². The van der Waals surface area contributed by atoms with Gasteiger partial charge in [0.25, 0.3) is 5.91 Å². The summed E-state index contributed by atoms with van der Waals surface area (Å²) in [6.07, 6.45) is 1.19. The molecule has 1 fully saturated rings. The molecule has 2 heterocycles. The summed E-state index contributed by atoms with van der Waals surface area (Å²) in [5.74, 6) is -0.369. The second-order valence-corrected chi connectivity index (χ2v) is 10.9. The first-order valence-corrected chi connectivity index (χ1v) is 12.7. The van der Waals surface area contributed by atoms with E-state index < -0.39 is 27.5 Å². The Hall–Kier alpha value is -3.34. The zero-order chi connectivity index (χ0) is 24.5. The minimum absolute atomic E-state index is 0.0621. The molecular weight excluding hydrogens is 464 g/mol. The molecule has 8 nitrogen and oxygen atoms in total. The molecule has 0 saturated carbocycles. The molecule has 180 valence electrons. The van der Waals surface area contributed by atoms with Gasteiger partial charge >= 0.3 is 0 Å². The van der Waals surface area contributed by atoms with E-state index in [0.717, 1.165) is 12.5 Å². The van der Waals surface area contributed by atoms with Crippen LogP contribution in [0.5, 0.6) is 5.75 Å². The van der Waals surface area contributed by atoms with E-state index in [1.807, 2.05) is 13.8 Å². The van der Waals surface area contributed by atoms with Crippen LogP contribution in [0.25, 0.3) is 10.9 Å². The van der Waals surface area contributed by atoms with Crippen LogP contribution in [0.4, 0.5) is 26.0 Å². The smallest absolute Gasteiger partial charge is 0.260 e. The van der Waals surface area contributed by atoms with E-state index in [0.29, 0.717) is 11.5 Å². The fourth-order valence-corrected chi connectivity index (χ4v) is 4.88. The van der Waals surface area contributed by atoms with Crippen LogP contribution in [-0.4, -0.2) is 43.7 Å². The molecule has 1 amide bonds. The second kappa shape index (κ2) is 9.49. The van der Waals surface area contributed by atoms with Crippen LogP contribution in [0, 0.1) is 11.6 Å². The van der Waals surface area contributed by atoms with Crippen LogP contribution < -0.4 is 15.4 Å². The van der Waals surface area contributed by atoms with E-state index in [2.05, 4.69) is 25.0 Å². The van der Waals surface area contributed by atoms with E-state index in [1.165, 1.54) is 24.5 Å². The van der Waals surface area contributed by atoms with E-state index in [4.69, 9.17) is 4.74 Å². The normalized spacial score (nSPS) is 15.5. The highest BCUT2D eigenvalue weighted by molar-refractivity contribution is 7.95. The van der Waals surface area contributed by atoms with Gasteiger partial charge in [-0.1, -0.05) is 0 Å². The van der Waals surface area contributed by atoms with Gasteiger partial charge in [0.15, 0.2) is 6.10 Å². The first-order chi connectivity index (χ1) is 16.1. The summed E-state index contributed by atoms with van der Waals surface area (Å²) in [5, 5.41) is 5.78. The molecule has 2 N–H and O–H groups in total. The lowest BCUT2D eigenvalue weighted by molar-refractivity contribution is -0.127. The molecule has 4 rings (SSSR count). The summed E-state index contributed by atoms with van der Waals surface area (Å²) in [6.45, 7) is 5.18. The van der Waals surface area contributed by atoms with Gasteiger partial charge in [-0.15, -0.1) is 0 Å². The van der Waals surface area contributed by atoms with Crippen molar-refractivity contribution in [2.45, 2.75) is 39.3 Å². The van der Waals surface area contributed by atoms with E-state index >= 15 is 4.39 Å². The summed E-state index contributed by atoms with van der Waals surface area (Å²) >= 11 is 0. The molecule has 1 aromatic heterocycles. The number of carbonyl (C=O) groups excluding carboxylic acids is 1. The summed E-state index contributed by atoms with van der Waals surface area (Å²) in [7, 11) is -2.31. The minimum atomic E-state index is -2.31. The number of amides is 1. The third-order valence-corrected chi connectivity index (χ3v) is 7.57. The molecule has 0 spiro atoms. The SMILES string of the molecule is CC(C)NC(=O)[C@@H](C)Oc1cc(F)ccc1Nc1ncnc2cc(N=S3(=O)CCC3)cc(F)c12. The summed E-state index contributed by atoms with van der Waals surface area (Å²) < 4.78 is 51.4. The number of hydrogen-bond acceptors (Lipinski definition) is 7. The Morgan fingerprint density at radius 1 is 1.15 bits per heavy atom. The number of aromatic nitrogens is 2. The van der Waals surface area contributed by atoms with Crippen molar-refractivity contribution in [2.75, 3.05) is 16.8 Å². The van der Waals surface area contributed by atoms with Gasteiger partial charge in [0.05, 0.1) is 32.0 Å². The first-order valence-electron chi connectivity index (χ1n) is 10.8. The molecule has 1 atom stereocenters. The maximum atomic E-state index is 15.1. The number of rotatable bonds is 7. The predicted octanol–water partition coefficient (Wildman–Crippen LogP) is 4.45. The molecular formula is C23H25F2N5O3S. The Balaban J connectivity index is 1.67. The molecule has 0 radical (unpaired) electrons. The Labute approximate surface area is 196 Å². The van der Waals surface area contributed by atoms with Gasteiger partial charge < -0.3 is 15.4 Å². The number of ether oxygens (including phenoxy) is 1. The molecule has 1 aliphatic rings. The lowest BCUT2D eigenvalue weighted by Crippen LogP contribution is -2.40. The first kappa shape index (κ1) is 23.8. The molecule has 0 aliphatic carbocycles. The number of nitrogens with zero attached hydrogens (tertiary/aromatic N) is 3. The number of benzene rings is 2. The van der Waals surface area contributed by atoms with Crippen molar-refractivity contribution < 1.29 is 22.5 Å². The molecule has 0 unspecified atom stereocenters. The number of hydrogen-bond donors (Lipinski definition) is 2. The molecule has 1 aliphatic heterocycles. The largest absolute Gasteiger partial charge is 0.479 e. The van der Waals surface area contributed by atoms with Crippen molar-refractivity contribution in [1.29, 1.82) is 0 Å². The molecule has 1 saturated heterocycles. The minimum Gasteiger partial charge on any atom is -0.479 e. The fraction of sp³-hybridized carbons (Fsp3) is 0.348. The van der Waals surface area contributed by atoms with Crippen LogP contribution in [0.3, 0.4) is 0 Å². The Morgan fingerprint density at radius 3 is 2.59 bits per heavy atom. The fourth-order valence-electron chi connectivity index (χ4n) is 3.42. The number of anilines is 2. The Bertz CT molecular complexity index is 1360. The zero-order valence-corrected chi connectivity index (χ0v) is 19.8. The van der Waals surface area contributed by atoms with Crippen LogP contribution in [-0.2, 0) is 14.5 Å². The Kier molecular flexibility index (Phi) is 6.65. The second-order valence-electron chi connectivity index (χ2n) is 8.36. The average molecular weight is 490 g/mol. The van der Waals surface area contributed by atoms with Crippen molar-refractivity contribution in [3.05, 3.63) is 48.3 Å². The van der Waals surface area contributed by atoms with E-state index in [1.54, 1.807) is 13.0 Å². The topological polar surface area (TPSA) is 106 Å². The van der Waals surface area contributed by atoms with Gasteiger partial charge in [-0.05, 0) is 45.4 Å². The summed E-state index contributed by atoms with van der Waals surface area (Å²) in [5.41, 5.74) is 0.819. The predicted molar refractivity (Wildman–Crippen MR) is 127 cm³/mol. The van der Waals surface area contributed by atoms with Crippen LogP contribution in [0.15, 0.2) is 41.0 Å². The van der Waals surface area contributed by atoms with Gasteiger partial charge in [-0.25, -0.2) is 23.0 Å². The van der Waals surface area contributed by atoms with Crippen molar-refractivity contribution in [3.63, 3.8) is 0 Å². The van der Waals surface area contributed by atoms with Gasteiger partial charge in [0, 0.05) is 29.7 Å². The summed E-state index contributed by atoms with van der Waals surface area (Å²) in [4.78, 5) is 20.5. The van der Waals surface area contributed by atoms with E-state index in [9.17, 15) is 13.4 Å². The van der Waals surface area contributed by atoms with Crippen LogP contribution in [0.1, 0.15) is 27.2 Å². The average Bonchev–Trinajstić information content (AvgIpc) is 2.74. The van der Waals surface area contributed by atoms with Crippen molar-refractivity contribution >= 4 is 43.7 Å². The highest BCUT2D eigenvalue weighted by Gasteiger charge is 2.21. The highest BCUT2D eigenvalue weighted by Crippen LogP contribution is 2.34. The quantitative estimate of drug-likeness (QED) is 0.508. The molecule has 3 aromatic rings. The third kappa shape index (κ3) is 5.24. The monoisotopic (exact) mass is 489 g/mol. The standard InChI is InChI=1S/C23H25F2N5O3S/c1-13(2)28-23(31)14(3)33-20-9-15(24)5-6-18(20)29-22-21-17(25)10-16(11-19(21)26-12-27-22)30-34(32)7-4-8-34/h5-6,9-14H,4,7-8H2,1-3H3,(H,28,31)(H,26,27,29)/t14-/m1/s1. The number of halogens is 2. The number of carbonyl (C=O) groups is 1. The van der Waals surface area contributed by atoms with Gasteiger partial charge in [-0.3, -0.25) is 4.79 Å². The van der Waals surface area contributed by atoms with Crippen LogP contribution in [0.2, 0.25) is 0 Å². The zero-order valence-electron chi connectivity index (χ0n) is 19.0. The maximum Gasteiger partial charge on any atom is 0.260 e. The lowest BCUT2D eigenvalue weighted by Gasteiger charge is -2.19. The van der Waals surface area contributed by atoms with E-state index in [-0.39, 0.29) is 45.8 Å². The summed E-state index contributed by atoms with van der Waals surface area (Å²) in [6, 6.07) is 6.42. The van der Waals surface area contributed by atoms with Gasteiger partial charge in [0.2, 0.25) is 0 Å². The Morgan fingerprint density at radius 2 is 1.91 bits per heavy atom. The number of fused-ring (bicyclic) bond motifs is 1. The van der Waals surface area contributed by atoms with Crippen molar-refractivity contribution in [3.8, 4) is 5.75 Å². The molecule has 34 heavy (non-hydrogen) atoms. The maximum absolute atomic E-state index is 15.1. The molecule has 0 bridgehead atoms. The lowest BCUT2D eigenvalue weighted by atomic mass is 10.2. The van der Waals surface area contributed by atoms with Gasteiger partial charge in [-0.2, -0.15) is 4.36 Å². The van der Waals surface area contributed by atoms with Crippen molar-refractivity contribution in [1.82, 2.24) is 15.3 Å². The molecule has 11 heteroatoms. The highest BCUT2D eigenvalue weighted by atomic mass is 32.2. The van der Waals surface area contributed by atoms with Crippen LogP contribution >= 0.6 is 0 Å². The van der Waals surface area contributed by atoms with Crippen molar-refractivity contribution in [2.24, 2.45) is 4.36 Å².